The van der Waals surface area contributed by atoms with E-state index in [4.69, 9.17) is 10.3 Å². The lowest BCUT2D eigenvalue weighted by Gasteiger charge is -2.03. The molecule has 0 aliphatic carbocycles. The highest BCUT2D eigenvalue weighted by molar-refractivity contribution is 5.98. The van der Waals surface area contributed by atoms with Crippen molar-refractivity contribution in [3.8, 4) is 0 Å². The fourth-order valence-electron chi connectivity index (χ4n) is 0.934. The molecule has 0 aromatic heterocycles. The average Bonchev–Trinajstić information content (AvgIpc) is 2.20. The van der Waals surface area contributed by atoms with Crippen LogP contribution in [0.2, 0.25) is 0 Å². The van der Waals surface area contributed by atoms with E-state index in [9.17, 15) is 4.79 Å². The molecule has 0 unspecified atom stereocenters. The first-order valence-corrected chi connectivity index (χ1v) is 3.96. The van der Waals surface area contributed by atoms with Crippen molar-refractivity contribution in [1.82, 2.24) is 5.48 Å². The van der Waals surface area contributed by atoms with E-state index in [0.717, 1.165) is 0 Å². The highest BCUT2D eigenvalue weighted by atomic mass is 16.5. The molecule has 5 nitrogen and oxygen atoms in total. The van der Waals surface area contributed by atoms with E-state index in [1.165, 1.54) is 0 Å². The lowest BCUT2D eigenvalue weighted by atomic mass is 10.2. The number of hydrogen-bond acceptors (Lipinski definition) is 3. The Hall–Kier alpha value is -1.88. The molecule has 14 heavy (non-hydrogen) atoms. The van der Waals surface area contributed by atoms with Gasteiger partial charge in [0.05, 0.1) is 0 Å². The van der Waals surface area contributed by atoms with E-state index in [1.807, 2.05) is 11.5 Å². The minimum absolute atomic E-state index is 0.146. The van der Waals surface area contributed by atoms with Crippen LogP contribution in [0.15, 0.2) is 35.3 Å². The van der Waals surface area contributed by atoms with Gasteiger partial charge in [-0.15, -0.1) is 0 Å². The maximum atomic E-state index is 10.2. The third kappa shape index (κ3) is 2.87. The number of benzene rings is 1. The van der Waals surface area contributed by atoms with Crippen molar-refractivity contribution in [3.63, 3.8) is 0 Å². The molecule has 0 atom stereocenters. The van der Waals surface area contributed by atoms with Crippen LogP contribution in [0.5, 0.6) is 0 Å². The molecule has 0 heterocycles. The van der Waals surface area contributed by atoms with Gasteiger partial charge in [-0.05, 0) is 0 Å². The smallest absolute Gasteiger partial charge is 0.325 e. The number of aliphatic carboxylic acids is 1. The molecule has 0 aliphatic heterocycles. The van der Waals surface area contributed by atoms with Crippen LogP contribution in [0.1, 0.15) is 5.56 Å². The molecule has 0 bridgehead atoms. The van der Waals surface area contributed by atoms with Gasteiger partial charge in [-0.3, -0.25) is 20.5 Å². The summed E-state index contributed by atoms with van der Waals surface area (Å²) in [6.07, 6.45) is 0. The van der Waals surface area contributed by atoms with E-state index in [-0.39, 0.29) is 12.4 Å². The van der Waals surface area contributed by atoms with Crippen molar-refractivity contribution in [2.75, 3.05) is 6.54 Å². The number of nitrogens with one attached hydrogen (secondary N) is 1. The lowest BCUT2D eigenvalue weighted by Crippen LogP contribution is -2.21. The summed E-state index contributed by atoms with van der Waals surface area (Å²) in [6, 6.07) is 8.77. The van der Waals surface area contributed by atoms with Crippen LogP contribution in [0.3, 0.4) is 0 Å². The van der Waals surface area contributed by atoms with Crippen LogP contribution in [-0.4, -0.2) is 28.7 Å². The summed E-state index contributed by atoms with van der Waals surface area (Å²) in [5, 5.41) is 17.1. The number of rotatable bonds is 3. The van der Waals surface area contributed by atoms with Crippen molar-refractivity contribution in [2.24, 2.45) is 4.99 Å². The number of hydrogen-bond donors (Lipinski definition) is 3. The third-order valence-corrected chi connectivity index (χ3v) is 1.53. The maximum Gasteiger partial charge on any atom is 0.325 e. The fourth-order valence-corrected chi connectivity index (χ4v) is 0.934. The van der Waals surface area contributed by atoms with Crippen LogP contribution in [-0.2, 0) is 4.79 Å². The van der Waals surface area contributed by atoms with E-state index in [2.05, 4.69) is 4.99 Å². The number of carbonyl (C=O) groups is 1. The Morgan fingerprint density at radius 1 is 1.36 bits per heavy atom. The van der Waals surface area contributed by atoms with Gasteiger partial charge >= 0.3 is 5.97 Å². The zero-order valence-corrected chi connectivity index (χ0v) is 7.34. The third-order valence-electron chi connectivity index (χ3n) is 1.53. The minimum atomic E-state index is -1.05. The molecule has 0 spiro atoms. The first kappa shape index (κ1) is 10.2. The lowest BCUT2D eigenvalue weighted by molar-refractivity contribution is -0.135. The van der Waals surface area contributed by atoms with Gasteiger partial charge in [0.1, 0.15) is 6.54 Å². The largest absolute Gasteiger partial charge is 0.480 e. The van der Waals surface area contributed by atoms with Crippen molar-refractivity contribution in [3.05, 3.63) is 35.9 Å². The van der Waals surface area contributed by atoms with Crippen LogP contribution in [0.4, 0.5) is 0 Å². The monoisotopic (exact) mass is 194 g/mol. The number of nitrogens with zero attached hydrogens (tertiary/aromatic N) is 1. The number of carboxylic acids is 1. The van der Waals surface area contributed by atoms with E-state index < -0.39 is 5.97 Å². The van der Waals surface area contributed by atoms with Gasteiger partial charge in [-0.25, -0.2) is 0 Å². The molecule has 1 aromatic rings. The molecule has 1 aromatic carbocycles. The highest BCUT2D eigenvalue weighted by Gasteiger charge is 2.01. The Morgan fingerprint density at radius 3 is 2.50 bits per heavy atom. The standard InChI is InChI=1S/C9H10N2O3/c12-8(13)6-10-9(11-14)7-4-2-1-3-5-7/h1-5,14H,6H2,(H,10,11)(H,12,13). The Labute approximate surface area is 80.7 Å². The molecule has 0 aliphatic rings. The number of hydroxylamine groups is 1. The number of amidine groups is 1. The van der Waals surface area contributed by atoms with Crippen molar-refractivity contribution < 1.29 is 15.1 Å². The zero-order valence-electron chi connectivity index (χ0n) is 7.34. The Bertz CT molecular complexity index is 335. The molecule has 74 valence electrons. The van der Waals surface area contributed by atoms with Gasteiger partial charge in [0.15, 0.2) is 5.84 Å². The number of aliphatic imine (C=N–C) groups is 1. The second kappa shape index (κ2) is 4.98. The molecule has 3 N–H and O–H groups in total. The molecular weight excluding hydrogens is 184 g/mol. The van der Waals surface area contributed by atoms with Crippen molar-refractivity contribution >= 4 is 11.8 Å². The molecular formula is C9H10N2O3. The number of carboxylic acid groups (broad SMARTS) is 1. The van der Waals surface area contributed by atoms with Crippen molar-refractivity contribution in [1.29, 1.82) is 0 Å². The summed E-state index contributed by atoms with van der Waals surface area (Å²) in [4.78, 5) is 13.9. The first-order valence-electron chi connectivity index (χ1n) is 3.96. The normalized spacial score (nSPS) is 11.1. The first-order chi connectivity index (χ1) is 6.74. The summed E-state index contributed by atoms with van der Waals surface area (Å²) in [5.41, 5.74) is 2.50. The fraction of sp³-hybridized carbons (Fsp3) is 0.111. The van der Waals surface area contributed by atoms with E-state index in [1.54, 1.807) is 24.3 Å². The van der Waals surface area contributed by atoms with Crippen molar-refractivity contribution in [2.45, 2.75) is 0 Å². The Kier molecular flexibility index (Phi) is 3.63. The maximum absolute atomic E-state index is 10.2. The Morgan fingerprint density at radius 2 is 2.00 bits per heavy atom. The summed E-state index contributed by atoms with van der Waals surface area (Å²) in [5.74, 6) is -0.901. The van der Waals surface area contributed by atoms with Gasteiger partial charge in [0, 0.05) is 5.56 Å². The quantitative estimate of drug-likeness (QED) is 0.371. The van der Waals surface area contributed by atoms with Gasteiger partial charge in [-0.1, -0.05) is 30.3 Å². The zero-order chi connectivity index (χ0) is 10.4. The predicted octanol–water partition coefficient (Wildman–Crippen LogP) is 0.497. The molecule has 1 rings (SSSR count). The Balaban J connectivity index is 2.82. The van der Waals surface area contributed by atoms with Gasteiger partial charge in [0.2, 0.25) is 0 Å². The van der Waals surface area contributed by atoms with Crippen LogP contribution in [0, 0.1) is 0 Å². The summed E-state index contributed by atoms with van der Waals surface area (Å²) >= 11 is 0. The molecule has 0 radical (unpaired) electrons. The summed E-state index contributed by atoms with van der Waals surface area (Å²) in [6.45, 7) is -0.377. The second-order valence-electron chi connectivity index (χ2n) is 2.54. The SMILES string of the molecule is O=C(O)CN=C(NO)c1ccccc1. The van der Waals surface area contributed by atoms with E-state index >= 15 is 0 Å². The second-order valence-corrected chi connectivity index (χ2v) is 2.54. The molecule has 0 amide bonds. The predicted molar refractivity (Wildman–Crippen MR) is 50.4 cm³/mol. The molecule has 5 heteroatoms. The summed E-state index contributed by atoms with van der Waals surface area (Å²) < 4.78 is 0. The van der Waals surface area contributed by atoms with Gasteiger partial charge < -0.3 is 5.11 Å². The molecule has 0 saturated heterocycles. The minimum Gasteiger partial charge on any atom is -0.480 e. The molecule has 0 fully saturated rings. The van der Waals surface area contributed by atoms with Crippen LogP contribution in [0.25, 0.3) is 0 Å². The van der Waals surface area contributed by atoms with Crippen LogP contribution < -0.4 is 5.48 Å². The summed E-state index contributed by atoms with van der Waals surface area (Å²) in [7, 11) is 0. The van der Waals surface area contributed by atoms with Gasteiger partial charge in [0.25, 0.3) is 0 Å². The van der Waals surface area contributed by atoms with Gasteiger partial charge in [-0.2, -0.15) is 0 Å². The topological polar surface area (TPSA) is 81.9 Å². The highest BCUT2D eigenvalue weighted by Crippen LogP contribution is 1.98. The van der Waals surface area contributed by atoms with E-state index in [0.29, 0.717) is 5.56 Å². The molecule has 0 saturated carbocycles. The van der Waals surface area contributed by atoms with Crippen LogP contribution >= 0.6 is 0 Å². The average molecular weight is 194 g/mol.